The van der Waals surface area contributed by atoms with E-state index in [-0.39, 0.29) is 0 Å². The Kier molecular flexibility index (Phi) is 2.25. The molecule has 0 aliphatic heterocycles. The number of hydrogen-bond acceptors (Lipinski definition) is 4. The summed E-state index contributed by atoms with van der Waals surface area (Å²) in [4.78, 5) is 8.18. The largest absolute Gasteiger partial charge is 0.480 e. The zero-order valence-electron chi connectivity index (χ0n) is 6.88. The van der Waals surface area contributed by atoms with E-state index in [1.165, 1.54) is 0 Å². The van der Waals surface area contributed by atoms with E-state index < -0.39 is 0 Å². The molecule has 1 heterocycles. The van der Waals surface area contributed by atoms with Crippen LogP contribution in [0, 0.1) is 6.92 Å². The third-order valence-corrected chi connectivity index (χ3v) is 1.36. The van der Waals surface area contributed by atoms with Crippen molar-refractivity contribution in [2.45, 2.75) is 6.92 Å². The van der Waals surface area contributed by atoms with Crippen LogP contribution in [-0.4, -0.2) is 24.1 Å². The fourth-order valence-electron chi connectivity index (χ4n) is 0.746. The minimum atomic E-state index is 0.567. The fourth-order valence-corrected chi connectivity index (χ4v) is 0.746. The summed E-state index contributed by atoms with van der Waals surface area (Å²) >= 11 is 0. The zero-order valence-corrected chi connectivity index (χ0v) is 6.88. The van der Waals surface area contributed by atoms with Gasteiger partial charge in [0.25, 0.3) is 0 Å². The fraction of sp³-hybridized carbons (Fsp3) is 0.429. The summed E-state index contributed by atoms with van der Waals surface area (Å²) in [6.07, 6.45) is 1.66. The minimum absolute atomic E-state index is 0.567. The molecule has 0 amide bonds. The second-order valence-electron chi connectivity index (χ2n) is 2.10. The number of nitrogens with one attached hydrogen (secondary N) is 1. The van der Waals surface area contributed by atoms with E-state index in [1.54, 1.807) is 20.4 Å². The Morgan fingerprint density at radius 2 is 2.27 bits per heavy atom. The van der Waals surface area contributed by atoms with Crippen LogP contribution in [-0.2, 0) is 0 Å². The predicted molar refractivity (Wildman–Crippen MR) is 42.9 cm³/mol. The summed E-state index contributed by atoms with van der Waals surface area (Å²) in [5.74, 6) is 1.28. The maximum Gasteiger partial charge on any atom is 0.237 e. The van der Waals surface area contributed by atoms with Gasteiger partial charge < -0.3 is 10.1 Å². The quantitative estimate of drug-likeness (QED) is 0.683. The first-order chi connectivity index (χ1) is 5.27. The number of aromatic nitrogens is 2. The Morgan fingerprint density at radius 3 is 2.82 bits per heavy atom. The Hall–Kier alpha value is -1.32. The zero-order chi connectivity index (χ0) is 8.27. The molecule has 0 aromatic carbocycles. The van der Waals surface area contributed by atoms with E-state index >= 15 is 0 Å². The van der Waals surface area contributed by atoms with Gasteiger partial charge in [-0.25, -0.2) is 0 Å². The molecule has 0 fully saturated rings. The summed E-state index contributed by atoms with van der Waals surface area (Å²) in [5.41, 5.74) is 0.798. The maximum atomic E-state index is 4.97. The molecule has 0 unspecified atom stereocenters. The van der Waals surface area contributed by atoms with E-state index in [0.717, 1.165) is 5.69 Å². The topological polar surface area (TPSA) is 47.0 Å². The van der Waals surface area contributed by atoms with Crippen LogP contribution in [0.1, 0.15) is 5.69 Å². The van der Waals surface area contributed by atoms with Gasteiger partial charge in [-0.05, 0) is 6.92 Å². The van der Waals surface area contributed by atoms with Crippen LogP contribution in [0.5, 0.6) is 5.88 Å². The van der Waals surface area contributed by atoms with E-state index in [4.69, 9.17) is 4.74 Å². The van der Waals surface area contributed by atoms with Crippen molar-refractivity contribution in [1.29, 1.82) is 0 Å². The molecule has 60 valence electrons. The monoisotopic (exact) mass is 153 g/mol. The van der Waals surface area contributed by atoms with Crippen molar-refractivity contribution in [2.75, 3.05) is 19.5 Å². The molecule has 4 heteroatoms. The molecule has 0 aliphatic rings. The van der Waals surface area contributed by atoms with E-state index in [0.29, 0.717) is 11.7 Å². The van der Waals surface area contributed by atoms with Gasteiger partial charge in [0, 0.05) is 7.05 Å². The Morgan fingerprint density at radius 1 is 1.55 bits per heavy atom. The van der Waals surface area contributed by atoms with Gasteiger partial charge in [0.1, 0.15) is 5.82 Å². The molecular formula is C7H11N3O. The van der Waals surface area contributed by atoms with E-state index in [1.807, 2.05) is 6.92 Å². The number of methoxy groups -OCH3 is 1. The lowest BCUT2D eigenvalue weighted by Crippen LogP contribution is -1.98. The molecule has 0 saturated carbocycles. The molecule has 0 saturated heterocycles. The predicted octanol–water partition coefficient (Wildman–Crippen LogP) is 0.835. The van der Waals surface area contributed by atoms with Crippen molar-refractivity contribution >= 4 is 5.82 Å². The van der Waals surface area contributed by atoms with Crippen molar-refractivity contribution in [3.05, 3.63) is 11.9 Å². The van der Waals surface area contributed by atoms with Gasteiger partial charge >= 0.3 is 0 Å². The minimum Gasteiger partial charge on any atom is -0.480 e. The van der Waals surface area contributed by atoms with Crippen molar-refractivity contribution in [2.24, 2.45) is 0 Å². The lowest BCUT2D eigenvalue weighted by atomic mass is 10.5. The van der Waals surface area contributed by atoms with Crippen molar-refractivity contribution in [3.63, 3.8) is 0 Å². The third-order valence-electron chi connectivity index (χ3n) is 1.36. The van der Waals surface area contributed by atoms with Crippen molar-refractivity contribution in [3.8, 4) is 5.88 Å². The highest BCUT2D eigenvalue weighted by Crippen LogP contribution is 2.12. The SMILES string of the molecule is CNc1cnc(C)c(OC)n1. The standard InChI is InChI=1S/C7H11N3O/c1-5-7(11-3)10-6(8-2)4-9-5/h4H,1-3H3,(H,8,10). The Labute approximate surface area is 65.6 Å². The highest BCUT2D eigenvalue weighted by Gasteiger charge is 2.00. The second kappa shape index (κ2) is 3.18. The number of hydrogen-bond donors (Lipinski definition) is 1. The molecule has 0 bridgehead atoms. The highest BCUT2D eigenvalue weighted by atomic mass is 16.5. The summed E-state index contributed by atoms with van der Waals surface area (Å²) in [7, 11) is 3.37. The van der Waals surface area contributed by atoms with E-state index in [9.17, 15) is 0 Å². The van der Waals surface area contributed by atoms with Gasteiger partial charge in [0.15, 0.2) is 0 Å². The molecule has 0 aliphatic carbocycles. The number of nitrogens with zero attached hydrogens (tertiary/aromatic N) is 2. The van der Waals surface area contributed by atoms with Crippen LogP contribution >= 0.6 is 0 Å². The molecule has 1 N–H and O–H groups in total. The molecule has 1 rings (SSSR count). The molecule has 4 nitrogen and oxygen atoms in total. The molecule has 1 aromatic heterocycles. The van der Waals surface area contributed by atoms with Gasteiger partial charge in [-0.1, -0.05) is 0 Å². The Bertz CT molecular complexity index is 249. The van der Waals surface area contributed by atoms with Crippen LogP contribution in [0.25, 0.3) is 0 Å². The van der Waals surface area contributed by atoms with Crippen LogP contribution < -0.4 is 10.1 Å². The van der Waals surface area contributed by atoms with Crippen LogP contribution in [0.2, 0.25) is 0 Å². The molecule has 0 spiro atoms. The molecule has 1 aromatic rings. The van der Waals surface area contributed by atoms with Crippen LogP contribution in [0.15, 0.2) is 6.20 Å². The molecule has 0 atom stereocenters. The Balaban J connectivity index is 3.02. The normalized spacial score (nSPS) is 9.36. The molecule has 0 radical (unpaired) electrons. The average molecular weight is 153 g/mol. The highest BCUT2D eigenvalue weighted by molar-refractivity contribution is 5.34. The smallest absolute Gasteiger partial charge is 0.237 e. The van der Waals surface area contributed by atoms with Gasteiger partial charge in [0.2, 0.25) is 5.88 Å². The van der Waals surface area contributed by atoms with Crippen molar-refractivity contribution < 1.29 is 4.74 Å². The van der Waals surface area contributed by atoms with Crippen molar-refractivity contribution in [1.82, 2.24) is 9.97 Å². The van der Waals surface area contributed by atoms with E-state index in [2.05, 4.69) is 15.3 Å². The second-order valence-corrected chi connectivity index (χ2v) is 2.10. The summed E-state index contributed by atoms with van der Waals surface area (Å²) in [5, 5.41) is 2.88. The number of rotatable bonds is 2. The lowest BCUT2D eigenvalue weighted by Gasteiger charge is -2.03. The average Bonchev–Trinajstić information content (AvgIpc) is 2.05. The maximum absolute atomic E-state index is 4.97. The summed E-state index contributed by atoms with van der Waals surface area (Å²) < 4.78 is 4.97. The van der Waals surface area contributed by atoms with Crippen LogP contribution in [0.4, 0.5) is 5.82 Å². The first-order valence-corrected chi connectivity index (χ1v) is 3.33. The van der Waals surface area contributed by atoms with Gasteiger partial charge in [-0.15, -0.1) is 0 Å². The van der Waals surface area contributed by atoms with Gasteiger partial charge in [-0.2, -0.15) is 4.98 Å². The van der Waals surface area contributed by atoms with Gasteiger partial charge in [0.05, 0.1) is 19.0 Å². The molecule has 11 heavy (non-hydrogen) atoms. The first-order valence-electron chi connectivity index (χ1n) is 3.33. The number of anilines is 1. The van der Waals surface area contributed by atoms with Gasteiger partial charge in [-0.3, -0.25) is 4.98 Å². The summed E-state index contributed by atoms with van der Waals surface area (Å²) in [6, 6.07) is 0. The molecular weight excluding hydrogens is 142 g/mol. The third kappa shape index (κ3) is 1.58. The number of ether oxygens (including phenoxy) is 1. The lowest BCUT2D eigenvalue weighted by molar-refractivity contribution is 0.392. The first kappa shape index (κ1) is 7.78. The van der Waals surface area contributed by atoms with Crippen LogP contribution in [0.3, 0.4) is 0 Å². The number of aryl methyl sites for hydroxylation is 1. The summed E-state index contributed by atoms with van der Waals surface area (Å²) in [6.45, 7) is 1.85.